The van der Waals surface area contributed by atoms with E-state index in [1.54, 1.807) is 0 Å². The minimum absolute atomic E-state index is 0.0441. The van der Waals surface area contributed by atoms with Crippen LogP contribution in [0, 0.1) is 5.92 Å². The highest BCUT2D eigenvalue weighted by Crippen LogP contribution is 2.25. The van der Waals surface area contributed by atoms with E-state index in [-0.39, 0.29) is 18.1 Å². The highest BCUT2D eigenvalue weighted by Gasteiger charge is 2.37. The molecule has 0 radical (unpaired) electrons. The highest BCUT2D eigenvalue weighted by atomic mass is 19.1. The molecule has 3 heteroatoms. The van der Waals surface area contributed by atoms with Crippen molar-refractivity contribution in [1.82, 2.24) is 4.90 Å². The van der Waals surface area contributed by atoms with Crippen LogP contribution in [0.3, 0.4) is 0 Å². The summed E-state index contributed by atoms with van der Waals surface area (Å²) in [7, 11) is 1.96. The number of hydrogen-bond acceptors (Lipinski definition) is 2. The topological polar surface area (TPSA) is 12.5 Å². The van der Waals surface area contributed by atoms with Crippen molar-refractivity contribution in [3.63, 3.8) is 0 Å². The SMILES string of the molecule is CC(C)OC[C@@H]1[C@@H](F)[C@@H](C)CN1C. The lowest BCUT2D eigenvalue weighted by atomic mass is 10.1. The summed E-state index contributed by atoms with van der Waals surface area (Å²) < 4.78 is 19.0. The Hall–Kier alpha value is -0.150. The third-order valence-electron chi connectivity index (χ3n) is 2.65. The van der Waals surface area contributed by atoms with E-state index < -0.39 is 6.17 Å². The molecule has 0 aromatic rings. The van der Waals surface area contributed by atoms with Crippen LogP contribution in [0.2, 0.25) is 0 Å². The summed E-state index contributed by atoms with van der Waals surface area (Å²) in [5.41, 5.74) is 0. The van der Waals surface area contributed by atoms with Crippen molar-refractivity contribution in [3.8, 4) is 0 Å². The summed E-state index contributed by atoms with van der Waals surface area (Å²) in [5, 5.41) is 0. The lowest BCUT2D eigenvalue weighted by Crippen LogP contribution is -2.35. The molecule has 13 heavy (non-hydrogen) atoms. The number of rotatable bonds is 3. The number of alkyl halides is 1. The Bertz CT molecular complexity index is 163. The smallest absolute Gasteiger partial charge is 0.122 e. The first-order valence-electron chi connectivity index (χ1n) is 4.98. The number of halogens is 1. The van der Waals surface area contributed by atoms with Crippen molar-refractivity contribution in [2.24, 2.45) is 5.92 Å². The van der Waals surface area contributed by atoms with Gasteiger partial charge in [-0.1, -0.05) is 6.92 Å². The van der Waals surface area contributed by atoms with Gasteiger partial charge in [-0.05, 0) is 20.9 Å². The molecule has 3 atom stereocenters. The number of likely N-dealkylation sites (tertiary alicyclic amines) is 1. The molecule has 0 unspecified atom stereocenters. The molecule has 1 rings (SSSR count). The molecule has 0 saturated carbocycles. The zero-order valence-corrected chi connectivity index (χ0v) is 8.96. The maximum Gasteiger partial charge on any atom is 0.122 e. The molecule has 1 aliphatic rings. The largest absolute Gasteiger partial charge is 0.377 e. The first-order chi connectivity index (χ1) is 6.02. The fourth-order valence-corrected chi connectivity index (χ4v) is 1.82. The lowest BCUT2D eigenvalue weighted by Gasteiger charge is -2.22. The molecule has 0 aliphatic carbocycles. The van der Waals surface area contributed by atoms with Crippen LogP contribution in [-0.2, 0) is 4.74 Å². The van der Waals surface area contributed by atoms with Gasteiger partial charge in [-0.25, -0.2) is 4.39 Å². The van der Waals surface area contributed by atoms with Crippen LogP contribution in [0.15, 0.2) is 0 Å². The zero-order valence-electron chi connectivity index (χ0n) is 8.96. The van der Waals surface area contributed by atoms with E-state index in [0.29, 0.717) is 6.61 Å². The van der Waals surface area contributed by atoms with E-state index in [4.69, 9.17) is 4.74 Å². The molecule has 0 aromatic carbocycles. The molecule has 0 N–H and O–H groups in total. The van der Waals surface area contributed by atoms with Gasteiger partial charge in [0.1, 0.15) is 6.17 Å². The summed E-state index contributed by atoms with van der Waals surface area (Å²) in [4.78, 5) is 2.05. The number of nitrogens with zero attached hydrogens (tertiary/aromatic N) is 1. The van der Waals surface area contributed by atoms with Crippen molar-refractivity contribution in [2.45, 2.75) is 39.1 Å². The molecule has 1 aliphatic heterocycles. The van der Waals surface area contributed by atoms with Crippen molar-refractivity contribution < 1.29 is 9.13 Å². The third-order valence-corrected chi connectivity index (χ3v) is 2.65. The van der Waals surface area contributed by atoms with E-state index in [1.165, 1.54) is 0 Å². The normalized spacial score (nSPS) is 36.0. The van der Waals surface area contributed by atoms with Crippen LogP contribution in [0.4, 0.5) is 4.39 Å². The van der Waals surface area contributed by atoms with E-state index >= 15 is 0 Å². The van der Waals surface area contributed by atoms with E-state index in [2.05, 4.69) is 4.90 Å². The molecule has 2 nitrogen and oxygen atoms in total. The Kier molecular flexibility index (Phi) is 3.68. The monoisotopic (exact) mass is 189 g/mol. The van der Waals surface area contributed by atoms with E-state index in [1.807, 2.05) is 27.8 Å². The molecule has 0 aromatic heterocycles. The minimum atomic E-state index is -0.733. The van der Waals surface area contributed by atoms with Crippen molar-refractivity contribution in [1.29, 1.82) is 0 Å². The van der Waals surface area contributed by atoms with Crippen molar-refractivity contribution in [3.05, 3.63) is 0 Å². The van der Waals surface area contributed by atoms with Gasteiger partial charge in [0.05, 0.1) is 18.8 Å². The molecular formula is C10H20FNO. The molecule has 1 heterocycles. The number of ether oxygens (including phenoxy) is 1. The van der Waals surface area contributed by atoms with Gasteiger partial charge in [0.15, 0.2) is 0 Å². The second-order valence-corrected chi connectivity index (χ2v) is 4.31. The maximum atomic E-state index is 13.6. The lowest BCUT2D eigenvalue weighted by molar-refractivity contribution is 0.0257. The molecule has 78 valence electrons. The van der Waals surface area contributed by atoms with E-state index in [0.717, 1.165) is 6.54 Å². The third kappa shape index (κ3) is 2.64. The van der Waals surface area contributed by atoms with Gasteiger partial charge in [0.25, 0.3) is 0 Å². The second-order valence-electron chi connectivity index (χ2n) is 4.31. The fourth-order valence-electron chi connectivity index (χ4n) is 1.82. The Morgan fingerprint density at radius 1 is 1.54 bits per heavy atom. The molecule has 0 spiro atoms. The summed E-state index contributed by atoms with van der Waals surface area (Å²) in [6.07, 6.45) is -0.541. The predicted molar refractivity (Wildman–Crippen MR) is 51.6 cm³/mol. The number of likely N-dealkylation sites (N-methyl/N-ethyl adjacent to an activating group) is 1. The predicted octanol–water partition coefficient (Wildman–Crippen LogP) is 1.70. The Labute approximate surface area is 80.1 Å². The summed E-state index contributed by atoms with van der Waals surface area (Å²) in [6.45, 7) is 7.26. The summed E-state index contributed by atoms with van der Waals surface area (Å²) in [5.74, 6) is 0.144. The van der Waals surface area contributed by atoms with Crippen LogP contribution in [-0.4, -0.2) is 43.4 Å². The molecule has 0 amide bonds. The second kappa shape index (κ2) is 4.38. The quantitative estimate of drug-likeness (QED) is 0.670. The Morgan fingerprint density at radius 3 is 2.54 bits per heavy atom. The number of hydrogen-bond donors (Lipinski definition) is 0. The average molecular weight is 189 g/mol. The van der Waals surface area contributed by atoms with Gasteiger partial charge in [-0.2, -0.15) is 0 Å². The standard InChI is InChI=1S/C10H20FNO/c1-7(2)13-6-9-10(11)8(3)5-12(9)4/h7-10H,5-6H2,1-4H3/t8-,9+,10-/m0/s1. The average Bonchev–Trinajstić information content (AvgIpc) is 2.24. The van der Waals surface area contributed by atoms with Crippen LogP contribution >= 0.6 is 0 Å². The van der Waals surface area contributed by atoms with Gasteiger partial charge in [0, 0.05) is 12.5 Å². The van der Waals surface area contributed by atoms with Gasteiger partial charge in [-0.3, -0.25) is 4.90 Å². The molecular weight excluding hydrogens is 169 g/mol. The first kappa shape index (κ1) is 10.9. The van der Waals surface area contributed by atoms with Crippen LogP contribution in [0.1, 0.15) is 20.8 Å². The fraction of sp³-hybridized carbons (Fsp3) is 1.00. The highest BCUT2D eigenvalue weighted by molar-refractivity contribution is 4.89. The van der Waals surface area contributed by atoms with Crippen LogP contribution < -0.4 is 0 Å². The van der Waals surface area contributed by atoms with E-state index in [9.17, 15) is 4.39 Å². The van der Waals surface area contributed by atoms with Gasteiger partial charge in [0.2, 0.25) is 0 Å². The van der Waals surface area contributed by atoms with Crippen molar-refractivity contribution >= 4 is 0 Å². The summed E-state index contributed by atoms with van der Waals surface area (Å²) in [6, 6.07) is -0.0441. The van der Waals surface area contributed by atoms with Crippen molar-refractivity contribution in [2.75, 3.05) is 20.2 Å². The molecule has 1 fully saturated rings. The molecule has 0 bridgehead atoms. The van der Waals surface area contributed by atoms with Crippen LogP contribution in [0.5, 0.6) is 0 Å². The maximum absolute atomic E-state index is 13.6. The Balaban J connectivity index is 2.39. The van der Waals surface area contributed by atoms with Gasteiger partial charge >= 0.3 is 0 Å². The first-order valence-corrected chi connectivity index (χ1v) is 4.98. The van der Waals surface area contributed by atoms with Crippen LogP contribution in [0.25, 0.3) is 0 Å². The minimum Gasteiger partial charge on any atom is -0.377 e. The zero-order chi connectivity index (χ0) is 10.0. The van der Waals surface area contributed by atoms with Gasteiger partial charge in [-0.15, -0.1) is 0 Å². The Morgan fingerprint density at radius 2 is 2.15 bits per heavy atom. The summed E-state index contributed by atoms with van der Waals surface area (Å²) >= 11 is 0. The van der Waals surface area contributed by atoms with Gasteiger partial charge < -0.3 is 4.74 Å². The molecule has 1 saturated heterocycles.